The number of piperidine rings is 1. The number of carbonyl (C=O) groups is 1. The van der Waals surface area contributed by atoms with Gasteiger partial charge in [-0.15, -0.1) is 0 Å². The van der Waals surface area contributed by atoms with Gasteiger partial charge in [0.15, 0.2) is 0 Å². The molecule has 1 atom stereocenters. The molecule has 0 saturated carbocycles. The molecule has 1 fully saturated rings. The van der Waals surface area contributed by atoms with Gasteiger partial charge in [0.1, 0.15) is 5.75 Å². The first-order valence-corrected chi connectivity index (χ1v) is 12.8. The molecule has 3 rings (SSSR count). The molecule has 1 amide bonds. The molecule has 2 aromatic rings. The van der Waals surface area contributed by atoms with Gasteiger partial charge in [0.25, 0.3) is 0 Å². The summed E-state index contributed by atoms with van der Waals surface area (Å²) in [6.45, 7) is 4.80. The summed E-state index contributed by atoms with van der Waals surface area (Å²) in [5.41, 5.74) is 1.02. The third-order valence-electron chi connectivity index (χ3n) is 5.39. The molecule has 168 valence electrons. The lowest BCUT2D eigenvalue weighted by Crippen LogP contribution is -2.43. The van der Waals surface area contributed by atoms with E-state index in [-0.39, 0.29) is 40.9 Å². The maximum atomic E-state index is 13.0. The van der Waals surface area contributed by atoms with Gasteiger partial charge in [-0.25, -0.2) is 8.42 Å². The molecule has 9 heteroatoms. The van der Waals surface area contributed by atoms with Crippen molar-refractivity contribution in [3.05, 3.63) is 57.5 Å². The zero-order chi connectivity index (χ0) is 22.6. The van der Waals surface area contributed by atoms with Crippen LogP contribution < -0.4 is 10.1 Å². The Morgan fingerprint density at radius 3 is 2.45 bits per heavy atom. The monoisotopic (exact) mass is 528 g/mol. The quantitative estimate of drug-likeness (QED) is 0.560. The summed E-state index contributed by atoms with van der Waals surface area (Å²) in [7, 11) is -3.68. The highest BCUT2D eigenvalue weighted by Gasteiger charge is 2.32. The van der Waals surface area contributed by atoms with E-state index >= 15 is 0 Å². The number of sulfonamides is 1. The third-order valence-corrected chi connectivity index (χ3v) is 8.11. The van der Waals surface area contributed by atoms with Crippen molar-refractivity contribution >= 4 is 43.5 Å². The van der Waals surface area contributed by atoms with Crippen molar-refractivity contribution in [2.24, 2.45) is 5.92 Å². The first-order chi connectivity index (χ1) is 14.7. The fourth-order valence-corrected chi connectivity index (χ4v) is 5.65. The Bertz CT molecular complexity index is 1020. The van der Waals surface area contributed by atoms with Gasteiger partial charge in [-0.3, -0.25) is 4.79 Å². The Labute approximate surface area is 197 Å². The van der Waals surface area contributed by atoms with E-state index in [0.717, 1.165) is 10.0 Å². The second kappa shape index (κ2) is 10.3. The number of ether oxygens (including phenoxy) is 1. The molecule has 1 N–H and O–H groups in total. The minimum Gasteiger partial charge on any atom is -0.492 e. The zero-order valence-corrected chi connectivity index (χ0v) is 20.6. The maximum Gasteiger partial charge on any atom is 0.243 e. The Hall–Kier alpha value is -1.61. The molecule has 0 radical (unpaired) electrons. The predicted octanol–water partition coefficient (Wildman–Crippen LogP) is 4.78. The summed E-state index contributed by atoms with van der Waals surface area (Å²) in [5, 5.41) is 3.31. The molecular formula is C22H26BrClN2O4S. The Balaban J connectivity index is 1.59. The fraction of sp³-hybridized carbons (Fsp3) is 0.409. The van der Waals surface area contributed by atoms with E-state index in [9.17, 15) is 13.2 Å². The van der Waals surface area contributed by atoms with Gasteiger partial charge in [-0.2, -0.15) is 4.31 Å². The van der Waals surface area contributed by atoms with Crippen LogP contribution in [-0.4, -0.2) is 38.3 Å². The number of amides is 1. The number of hydrogen-bond donors (Lipinski definition) is 1. The van der Waals surface area contributed by atoms with Crippen LogP contribution in [-0.2, 0) is 14.8 Å². The number of hydrogen-bond acceptors (Lipinski definition) is 4. The number of halogens is 2. The van der Waals surface area contributed by atoms with Crippen LogP contribution in [0.15, 0.2) is 51.8 Å². The SMILES string of the molecule is CCOc1ccc(S(=O)(=O)N2CCC(C(=O)N[C@H](C)c3ccc(Br)cc3)CC2)cc1Cl. The summed E-state index contributed by atoms with van der Waals surface area (Å²) < 4.78 is 33.8. The van der Waals surface area contributed by atoms with Crippen LogP contribution in [0.25, 0.3) is 0 Å². The van der Waals surface area contributed by atoms with E-state index in [2.05, 4.69) is 21.2 Å². The van der Waals surface area contributed by atoms with Gasteiger partial charge in [0.05, 0.1) is 22.6 Å². The number of benzene rings is 2. The van der Waals surface area contributed by atoms with Crippen molar-refractivity contribution in [3.8, 4) is 5.75 Å². The van der Waals surface area contributed by atoms with Crippen molar-refractivity contribution in [1.82, 2.24) is 9.62 Å². The van der Waals surface area contributed by atoms with Crippen LogP contribution in [0, 0.1) is 5.92 Å². The lowest BCUT2D eigenvalue weighted by atomic mass is 9.96. The zero-order valence-electron chi connectivity index (χ0n) is 17.5. The molecule has 0 aromatic heterocycles. The summed E-state index contributed by atoms with van der Waals surface area (Å²) in [5.74, 6) is 0.197. The highest BCUT2D eigenvalue weighted by atomic mass is 79.9. The Morgan fingerprint density at radius 1 is 1.23 bits per heavy atom. The van der Waals surface area contributed by atoms with Crippen LogP contribution in [0.3, 0.4) is 0 Å². The minimum absolute atomic E-state index is 0.0448. The van der Waals surface area contributed by atoms with E-state index in [1.54, 1.807) is 6.07 Å². The Morgan fingerprint density at radius 2 is 1.87 bits per heavy atom. The number of nitrogens with zero attached hydrogens (tertiary/aromatic N) is 1. The summed E-state index contributed by atoms with van der Waals surface area (Å²) in [6.07, 6.45) is 0.950. The van der Waals surface area contributed by atoms with Crippen molar-refractivity contribution in [2.45, 2.75) is 37.6 Å². The first kappa shape index (κ1) is 24.0. The van der Waals surface area contributed by atoms with Gasteiger partial charge in [-0.05, 0) is 62.6 Å². The van der Waals surface area contributed by atoms with Gasteiger partial charge >= 0.3 is 0 Å². The number of nitrogens with one attached hydrogen (secondary N) is 1. The average Bonchev–Trinajstić information content (AvgIpc) is 2.75. The van der Waals surface area contributed by atoms with Gasteiger partial charge < -0.3 is 10.1 Å². The average molecular weight is 530 g/mol. The number of carbonyl (C=O) groups excluding carboxylic acids is 1. The minimum atomic E-state index is -3.68. The normalized spacial score (nSPS) is 16.6. The van der Waals surface area contributed by atoms with Crippen LogP contribution in [0.1, 0.15) is 38.3 Å². The topological polar surface area (TPSA) is 75.7 Å². The molecule has 1 saturated heterocycles. The largest absolute Gasteiger partial charge is 0.492 e. The van der Waals surface area contributed by atoms with E-state index in [4.69, 9.17) is 16.3 Å². The van der Waals surface area contributed by atoms with Gasteiger partial charge in [-0.1, -0.05) is 39.7 Å². The van der Waals surface area contributed by atoms with E-state index in [1.807, 2.05) is 38.1 Å². The molecule has 0 bridgehead atoms. The van der Waals surface area contributed by atoms with E-state index in [1.165, 1.54) is 16.4 Å². The molecule has 1 aliphatic heterocycles. The standard InChI is InChI=1S/C22H26BrClN2O4S/c1-3-30-21-9-8-19(14-20(21)24)31(28,29)26-12-10-17(11-13-26)22(27)25-15(2)16-4-6-18(23)7-5-16/h4-9,14-15,17H,3,10-13H2,1-2H3,(H,25,27)/t15-/m1/s1. The lowest BCUT2D eigenvalue weighted by molar-refractivity contribution is -0.126. The van der Waals surface area contributed by atoms with Crippen molar-refractivity contribution < 1.29 is 17.9 Å². The highest BCUT2D eigenvalue weighted by Crippen LogP contribution is 2.30. The Kier molecular flexibility index (Phi) is 8.02. The molecule has 31 heavy (non-hydrogen) atoms. The fourth-order valence-electron chi connectivity index (χ4n) is 3.59. The lowest BCUT2D eigenvalue weighted by Gasteiger charge is -2.31. The molecule has 0 aliphatic carbocycles. The van der Waals surface area contributed by atoms with E-state index < -0.39 is 10.0 Å². The molecule has 1 aliphatic rings. The summed E-state index contributed by atoms with van der Waals surface area (Å²) in [6, 6.07) is 12.2. The van der Waals surface area contributed by atoms with Crippen LogP contribution in [0.2, 0.25) is 5.02 Å². The van der Waals surface area contributed by atoms with Gasteiger partial charge in [0.2, 0.25) is 15.9 Å². The summed E-state index contributed by atoms with van der Waals surface area (Å²) in [4.78, 5) is 12.8. The van der Waals surface area contributed by atoms with Gasteiger partial charge in [0, 0.05) is 23.5 Å². The highest BCUT2D eigenvalue weighted by molar-refractivity contribution is 9.10. The molecular weight excluding hydrogens is 504 g/mol. The maximum absolute atomic E-state index is 13.0. The smallest absolute Gasteiger partial charge is 0.243 e. The second-order valence-electron chi connectivity index (χ2n) is 7.49. The predicted molar refractivity (Wildman–Crippen MR) is 125 cm³/mol. The second-order valence-corrected chi connectivity index (χ2v) is 10.7. The van der Waals surface area contributed by atoms with E-state index in [0.29, 0.717) is 25.2 Å². The van der Waals surface area contributed by atoms with Crippen LogP contribution >= 0.6 is 27.5 Å². The molecule has 1 heterocycles. The molecule has 6 nitrogen and oxygen atoms in total. The molecule has 0 unspecified atom stereocenters. The van der Waals surface area contributed by atoms with Crippen molar-refractivity contribution in [3.63, 3.8) is 0 Å². The van der Waals surface area contributed by atoms with Crippen LogP contribution in [0.4, 0.5) is 0 Å². The first-order valence-electron chi connectivity index (χ1n) is 10.2. The summed E-state index contributed by atoms with van der Waals surface area (Å²) >= 11 is 9.57. The van der Waals surface area contributed by atoms with Crippen molar-refractivity contribution in [1.29, 1.82) is 0 Å². The molecule has 2 aromatic carbocycles. The van der Waals surface area contributed by atoms with Crippen LogP contribution in [0.5, 0.6) is 5.75 Å². The number of rotatable bonds is 7. The third kappa shape index (κ3) is 5.80. The van der Waals surface area contributed by atoms with Crippen molar-refractivity contribution in [2.75, 3.05) is 19.7 Å². The molecule has 0 spiro atoms.